The number of nitrogens with zero attached hydrogens (tertiary/aromatic N) is 2. The van der Waals surface area contributed by atoms with Crippen LogP contribution in [0.5, 0.6) is 0 Å². The summed E-state index contributed by atoms with van der Waals surface area (Å²) < 4.78 is 16.6. The molecule has 0 aliphatic heterocycles. The highest BCUT2D eigenvalue weighted by Gasteiger charge is 2.19. The van der Waals surface area contributed by atoms with Crippen molar-refractivity contribution in [2.45, 2.75) is 13.0 Å². The van der Waals surface area contributed by atoms with E-state index in [1.807, 2.05) is 29.8 Å². The molecule has 0 unspecified atom stereocenters. The van der Waals surface area contributed by atoms with Crippen molar-refractivity contribution in [2.24, 2.45) is 0 Å². The van der Waals surface area contributed by atoms with Crippen LogP contribution in [-0.2, 0) is 0 Å². The average Bonchev–Trinajstić information content (AvgIpc) is 2.86. The lowest BCUT2D eigenvalue weighted by Gasteiger charge is -2.19. The third-order valence-electron chi connectivity index (χ3n) is 3.45. The molecular weight excluding hydrogens is 378 g/mol. The van der Waals surface area contributed by atoms with Gasteiger partial charge in [-0.2, -0.15) is 0 Å². The fourth-order valence-electron chi connectivity index (χ4n) is 2.41. The summed E-state index contributed by atoms with van der Waals surface area (Å²) in [6, 6.07) is 6.44. The Bertz CT molecular complexity index is 832. The van der Waals surface area contributed by atoms with Crippen molar-refractivity contribution in [1.29, 1.82) is 0 Å². The van der Waals surface area contributed by atoms with Gasteiger partial charge in [0.05, 0.1) is 22.1 Å². The first kappa shape index (κ1) is 14.8. The first-order chi connectivity index (χ1) is 9.99. The first-order valence-electron chi connectivity index (χ1n) is 6.24. The van der Waals surface area contributed by atoms with Gasteiger partial charge in [-0.3, -0.25) is 4.98 Å². The van der Waals surface area contributed by atoms with Crippen LogP contribution in [-0.4, -0.2) is 9.55 Å². The molecule has 108 valence electrons. The van der Waals surface area contributed by atoms with Crippen LogP contribution in [0.25, 0.3) is 11.0 Å². The second kappa shape index (κ2) is 5.59. The highest BCUT2D eigenvalue weighted by atomic mass is 79.9. The quantitative estimate of drug-likeness (QED) is 0.504. The van der Waals surface area contributed by atoms with Gasteiger partial charge in [0.1, 0.15) is 5.82 Å². The Morgan fingerprint density at radius 3 is 2.81 bits per heavy atom. The van der Waals surface area contributed by atoms with Crippen LogP contribution < -0.4 is 0 Å². The van der Waals surface area contributed by atoms with Gasteiger partial charge in [-0.25, -0.2) is 4.39 Å². The lowest BCUT2D eigenvalue weighted by Crippen LogP contribution is -2.07. The van der Waals surface area contributed by atoms with Crippen LogP contribution in [0.4, 0.5) is 4.39 Å². The maximum Gasteiger partial charge on any atom is 0.142 e. The smallest absolute Gasteiger partial charge is 0.142 e. The zero-order valence-corrected chi connectivity index (χ0v) is 14.0. The monoisotopic (exact) mass is 386 g/mol. The number of halogens is 4. The summed E-state index contributed by atoms with van der Waals surface area (Å²) in [7, 11) is 0. The summed E-state index contributed by atoms with van der Waals surface area (Å²) in [5.74, 6) is -0.473. The molecule has 1 aromatic carbocycles. The summed E-state index contributed by atoms with van der Waals surface area (Å²) in [5.41, 5.74) is 2.35. The molecule has 2 heterocycles. The predicted octanol–water partition coefficient (Wildman–Crippen LogP) is 5.85. The van der Waals surface area contributed by atoms with E-state index >= 15 is 0 Å². The summed E-state index contributed by atoms with van der Waals surface area (Å²) in [4.78, 5) is 4.33. The summed E-state index contributed by atoms with van der Waals surface area (Å²) >= 11 is 15.7. The molecule has 6 heteroatoms. The molecule has 1 atom stereocenters. The standard InChI is InChI=1S/C15H10BrCl2FN2/c1-8(14-10(17)2-3-11(19)15(14)18)21-5-4-12-13(21)6-9(16)7-20-12/h2-8H,1H3/t8-/m1/s1. The lowest BCUT2D eigenvalue weighted by molar-refractivity contribution is 0.612. The first-order valence-corrected chi connectivity index (χ1v) is 7.79. The Labute approximate surface area is 139 Å². The minimum absolute atomic E-state index is 0.0554. The van der Waals surface area contributed by atoms with Crippen molar-refractivity contribution in [3.05, 3.63) is 62.6 Å². The molecule has 0 spiro atoms. The van der Waals surface area contributed by atoms with Gasteiger partial charge in [-0.15, -0.1) is 0 Å². The van der Waals surface area contributed by atoms with Crippen molar-refractivity contribution < 1.29 is 4.39 Å². The van der Waals surface area contributed by atoms with E-state index < -0.39 is 5.82 Å². The van der Waals surface area contributed by atoms with Crippen molar-refractivity contribution in [3.63, 3.8) is 0 Å². The van der Waals surface area contributed by atoms with E-state index in [1.54, 1.807) is 6.20 Å². The third-order valence-corrected chi connectivity index (χ3v) is 4.60. The van der Waals surface area contributed by atoms with Gasteiger partial charge in [0.25, 0.3) is 0 Å². The minimum atomic E-state index is -0.473. The highest BCUT2D eigenvalue weighted by Crippen LogP contribution is 2.36. The Kier molecular flexibility index (Phi) is 3.95. The van der Waals surface area contributed by atoms with Crippen molar-refractivity contribution in [3.8, 4) is 0 Å². The Morgan fingerprint density at radius 2 is 2.05 bits per heavy atom. The lowest BCUT2D eigenvalue weighted by atomic mass is 10.1. The molecule has 0 N–H and O–H groups in total. The van der Waals surface area contributed by atoms with Crippen LogP contribution in [0.2, 0.25) is 10.0 Å². The largest absolute Gasteiger partial charge is 0.339 e. The maximum absolute atomic E-state index is 13.7. The normalized spacial score (nSPS) is 12.8. The molecule has 2 aromatic heterocycles. The van der Waals surface area contributed by atoms with E-state index in [2.05, 4.69) is 20.9 Å². The number of pyridine rings is 1. The molecule has 0 saturated carbocycles. The predicted molar refractivity (Wildman–Crippen MR) is 87.7 cm³/mol. The van der Waals surface area contributed by atoms with Crippen molar-refractivity contribution in [2.75, 3.05) is 0 Å². The summed E-state index contributed by atoms with van der Waals surface area (Å²) in [5, 5.41) is 0.499. The molecule has 0 radical (unpaired) electrons. The van der Waals surface area contributed by atoms with Gasteiger partial charge < -0.3 is 4.57 Å². The van der Waals surface area contributed by atoms with E-state index in [9.17, 15) is 4.39 Å². The van der Waals surface area contributed by atoms with E-state index in [1.165, 1.54) is 12.1 Å². The zero-order chi connectivity index (χ0) is 15.1. The molecule has 3 rings (SSSR count). The van der Waals surface area contributed by atoms with Gasteiger partial charge in [0.2, 0.25) is 0 Å². The summed E-state index contributed by atoms with van der Waals surface area (Å²) in [6.07, 6.45) is 3.63. The maximum atomic E-state index is 13.7. The van der Waals surface area contributed by atoms with Gasteiger partial charge >= 0.3 is 0 Å². The van der Waals surface area contributed by atoms with Crippen molar-refractivity contribution >= 4 is 50.2 Å². The Hall–Kier alpha value is -1.10. The van der Waals surface area contributed by atoms with Crippen LogP contribution >= 0.6 is 39.1 Å². The fraction of sp³-hybridized carbons (Fsp3) is 0.133. The highest BCUT2D eigenvalue weighted by molar-refractivity contribution is 9.10. The van der Waals surface area contributed by atoms with Crippen LogP contribution in [0.15, 0.2) is 41.1 Å². The summed E-state index contributed by atoms with van der Waals surface area (Å²) in [6.45, 7) is 1.92. The molecule has 0 bridgehead atoms. The van der Waals surface area contributed by atoms with Crippen LogP contribution in [0, 0.1) is 5.82 Å². The Balaban J connectivity index is 2.19. The van der Waals surface area contributed by atoms with Crippen molar-refractivity contribution in [1.82, 2.24) is 9.55 Å². The van der Waals surface area contributed by atoms with Crippen LogP contribution in [0.1, 0.15) is 18.5 Å². The number of aromatic nitrogens is 2. The molecule has 0 amide bonds. The molecule has 3 aromatic rings. The number of hydrogen-bond donors (Lipinski definition) is 0. The van der Waals surface area contributed by atoms with Gasteiger partial charge in [0, 0.05) is 27.5 Å². The SMILES string of the molecule is C[C@H](c1c(Cl)ccc(F)c1Cl)n1ccc2ncc(Br)cc21. The number of fused-ring (bicyclic) bond motifs is 1. The zero-order valence-electron chi connectivity index (χ0n) is 10.9. The topological polar surface area (TPSA) is 17.8 Å². The molecule has 0 fully saturated rings. The van der Waals surface area contributed by atoms with E-state index in [-0.39, 0.29) is 11.1 Å². The molecule has 0 aliphatic rings. The van der Waals surface area contributed by atoms with Gasteiger partial charge in [-0.05, 0) is 47.1 Å². The van der Waals surface area contributed by atoms with E-state index in [0.717, 1.165) is 15.5 Å². The molecule has 2 nitrogen and oxygen atoms in total. The average molecular weight is 388 g/mol. The fourth-order valence-corrected chi connectivity index (χ4v) is 3.41. The third kappa shape index (κ3) is 2.56. The Morgan fingerprint density at radius 1 is 1.29 bits per heavy atom. The molecule has 0 aliphatic carbocycles. The molecular formula is C15H10BrCl2FN2. The second-order valence-corrected chi connectivity index (χ2v) is 6.41. The van der Waals surface area contributed by atoms with Gasteiger partial charge in [-0.1, -0.05) is 23.2 Å². The number of benzene rings is 1. The van der Waals surface area contributed by atoms with E-state index in [0.29, 0.717) is 10.6 Å². The van der Waals surface area contributed by atoms with E-state index in [4.69, 9.17) is 23.2 Å². The number of rotatable bonds is 2. The minimum Gasteiger partial charge on any atom is -0.339 e. The second-order valence-electron chi connectivity index (χ2n) is 4.71. The van der Waals surface area contributed by atoms with Crippen LogP contribution in [0.3, 0.4) is 0 Å². The number of hydrogen-bond acceptors (Lipinski definition) is 1. The van der Waals surface area contributed by atoms with Gasteiger partial charge in [0.15, 0.2) is 0 Å². The molecule has 0 saturated heterocycles. The molecule has 21 heavy (non-hydrogen) atoms.